The molecule has 0 aliphatic heterocycles. The monoisotopic (exact) mass is 686 g/mol. The van der Waals surface area contributed by atoms with E-state index >= 15 is 0 Å². The molecule has 0 spiro atoms. The summed E-state index contributed by atoms with van der Waals surface area (Å²) in [5.74, 6) is -0.845. The van der Waals surface area contributed by atoms with Crippen molar-refractivity contribution in [1.29, 1.82) is 0 Å². The summed E-state index contributed by atoms with van der Waals surface area (Å²) in [4.78, 5) is 43.4. The van der Waals surface area contributed by atoms with E-state index in [1.807, 2.05) is 6.92 Å². The zero-order valence-electron chi connectivity index (χ0n) is 27.8. The SMILES string of the molecule is CCC(COCCOCC(=O)NCCCN=[N+]=[N-])(COCCOCC(=O)NCCCN=[N+]=[N-])COCCOCC(=O)NCCCN=[N+]=[N-]. The van der Waals surface area contributed by atoms with Crippen LogP contribution < -0.4 is 16.0 Å². The largest absolute Gasteiger partial charge is 0.378 e. The molecule has 48 heavy (non-hydrogen) atoms. The maximum absolute atomic E-state index is 11.8. The van der Waals surface area contributed by atoms with Crippen LogP contribution in [0.2, 0.25) is 0 Å². The van der Waals surface area contributed by atoms with E-state index in [0.29, 0.717) is 65.0 Å². The molecule has 0 rings (SSSR count). The summed E-state index contributed by atoms with van der Waals surface area (Å²) in [5, 5.41) is 18.2. The predicted octanol–water partition coefficient (Wildman–Crippen LogP) is 1.93. The molecule has 0 radical (unpaired) electrons. The maximum atomic E-state index is 11.8. The smallest absolute Gasteiger partial charge is 0.245 e. The molecule has 0 aromatic rings. The molecule has 0 unspecified atom stereocenters. The first kappa shape index (κ1) is 44.1. The molecule has 21 nitrogen and oxygen atoms in total. The topological polar surface area (TPSA) is 289 Å². The zero-order valence-corrected chi connectivity index (χ0v) is 27.8. The number of carbonyl (C=O) groups excluding carboxylic acids is 3. The first-order valence-corrected chi connectivity index (χ1v) is 15.7. The van der Waals surface area contributed by atoms with Gasteiger partial charge in [0.1, 0.15) is 19.8 Å². The molecule has 0 bridgehead atoms. The van der Waals surface area contributed by atoms with Crippen LogP contribution in [0.3, 0.4) is 0 Å². The number of amides is 3. The number of carbonyl (C=O) groups is 3. The molecule has 0 saturated heterocycles. The van der Waals surface area contributed by atoms with Crippen molar-refractivity contribution in [3.8, 4) is 0 Å². The number of rotatable bonds is 34. The van der Waals surface area contributed by atoms with E-state index in [1.54, 1.807) is 0 Å². The fourth-order valence-corrected chi connectivity index (χ4v) is 3.57. The predicted molar refractivity (Wildman–Crippen MR) is 173 cm³/mol. The molecule has 3 amide bonds. The Balaban J connectivity index is 4.54. The van der Waals surface area contributed by atoms with Crippen LogP contribution in [0.15, 0.2) is 15.3 Å². The maximum Gasteiger partial charge on any atom is 0.245 e. The minimum Gasteiger partial charge on any atom is -0.378 e. The molecule has 0 aliphatic carbocycles. The van der Waals surface area contributed by atoms with E-state index in [0.717, 1.165) is 0 Å². The molecule has 0 aromatic heterocycles. The van der Waals surface area contributed by atoms with Gasteiger partial charge in [-0.05, 0) is 42.3 Å². The Morgan fingerprint density at radius 3 is 1.10 bits per heavy atom. The molecule has 0 aromatic carbocycles. The molecule has 21 heteroatoms. The fraction of sp³-hybridized carbons (Fsp3) is 0.889. The summed E-state index contributed by atoms with van der Waals surface area (Å²) in [7, 11) is 0. The summed E-state index contributed by atoms with van der Waals surface area (Å²) in [6, 6.07) is 0. The highest BCUT2D eigenvalue weighted by Gasteiger charge is 2.30. The Kier molecular flexibility index (Phi) is 30.3. The van der Waals surface area contributed by atoms with Crippen molar-refractivity contribution >= 4 is 17.7 Å². The van der Waals surface area contributed by atoms with Gasteiger partial charge in [-0.1, -0.05) is 22.3 Å². The van der Waals surface area contributed by atoms with Crippen LogP contribution in [-0.4, -0.2) is 136 Å². The third-order valence-corrected chi connectivity index (χ3v) is 6.25. The average Bonchev–Trinajstić information content (AvgIpc) is 3.08. The summed E-state index contributed by atoms with van der Waals surface area (Å²) in [6.45, 7) is 5.74. The third kappa shape index (κ3) is 28.3. The third-order valence-electron chi connectivity index (χ3n) is 6.25. The van der Waals surface area contributed by atoms with Gasteiger partial charge in [0.05, 0.1) is 59.5 Å². The lowest BCUT2D eigenvalue weighted by Crippen LogP contribution is -2.38. The number of nitrogens with zero attached hydrogens (tertiary/aromatic N) is 9. The summed E-state index contributed by atoms with van der Waals surface area (Å²) < 4.78 is 33.7. The van der Waals surface area contributed by atoms with Gasteiger partial charge >= 0.3 is 0 Å². The van der Waals surface area contributed by atoms with Crippen LogP contribution in [0.4, 0.5) is 0 Å². The molecular weight excluding hydrogens is 636 g/mol. The van der Waals surface area contributed by atoms with E-state index in [2.05, 4.69) is 46.0 Å². The summed E-state index contributed by atoms with van der Waals surface area (Å²) in [5.41, 5.74) is 24.2. The van der Waals surface area contributed by atoms with E-state index in [4.69, 9.17) is 45.0 Å². The molecule has 0 heterocycles. The highest BCUT2D eigenvalue weighted by Crippen LogP contribution is 2.24. The van der Waals surface area contributed by atoms with Crippen LogP contribution in [0, 0.1) is 5.41 Å². The van der Waals surface area contributed by atoms with Gasteiger partial charge in [-0.3, -0.25) is 14.4 Å². The van der Waals surface area contributed by atoms with Crippen LogP contribution in [-0.2, 0) is 42.8 Å². The lowest BCUT2D eigenvalue weighted by atomic mass is 9.88. The van der Waals surface area contributed by atoms with Crippen LogP contribution >= 0.6 is 0 Å². The minimum absolute atomic E-state index is 0.127. The van der Waals surface area contributed by atoms with Gasteiger partial charge in [0, 0.05) is 59.4 Å². The normalized spacial score (nSPS) is 11.7. The molecule has 0 atom stereocenters. The Morgan fingerprint density at radius 2 is 0.833 bits per heavy atom. The van der Waals surface area contributed by atoms with Gasteiger partial charge in [0.2, 0.25) is 17.7 Å². The van der Waals surface area contributed by atoms with Gasteiger partial charge in [0.25, 0.3) is 0 Å². The van der Waals surface area contributed by atoms with Crippen LogP contribution in [0.25, 0.3) is 31.3 Å². The summed E-state index contributed by atoms with van der Waals surface area (Å²) in [6.07, 6.45) is 2.25. The van der Waals surface area contributed by atoms with Crippen molar-refractivity contribution in [3.05, 3.63) is 31.3 Å². The van der Waals surface area contributed by atoms with Crippen molar-refractivity contribution in [2.75, 3.05) is 119 Å². The Morgan fingerprint density at radius 1 is 0.542 bits per heavy atom. The van der Waals surface area contributed by atoms with E-state index < -0.39 is 5.41 Å². The van der Waals surface area contributed by atoms with Crippen LogP contribution in [0.1, 0.15) is 32.6 Å². The van der Waals surface area contributed by atoms with Crippen molar-refractivity contribution in [3.63, 3.8) is 0 Å². The second-order valence-electron chi connectivity index (χ2n) is 10.1. The highest BCUT2D eigenvalue weighted by molar-refractivity contribution is 5.77. The van der Waals surface area contributed by atoms with E-state index in [9.17, 15) is 14.4 Å². The van der Waals surface area contributed by atoms with Crippen molar-refractivity contribution in [1.82, 2.24) is 16.0 Å². The number of hydrogen-bond acceptors (Lipinski definition) is 12. The van der Waals surface area contributed by atoms with E-state index in [1.165, 1.54) is 0 Å². The zero-order chi connectivity index (χ0) is 35.4. The van der Waals surface area contributed by atoms with Gasteiger partial charge < -0.3 is 44.4 Å². The second-order valence-corrected chi connectivity index (χ2v) is 10.1. The van der Waals surface area contributed by atoms with Crippen LogP contribution in [0.5, 0.6) is 0 Å². The number of hydrogen-bond donors (Lipinski definition) is 3. The Hall–Kier alpha value is -3.90. The average molecular weight is 687 g/mol. The van der Waals surface area contributed by atoms with Crippen molar-refractivity contribution in [2.24, 2.45) is 20.8 Å². The molecule has 0 fully saturated rings. The van der Waals surface area contributed by atoms with Gasteiger partial charge in [-0.15, -0.1) is 0 Å². The molecule has 3 N–H and O–H groups in total. The molecule has 272 valence electrons. The highest BCUT2D eigenvalue weighted by atomic mass is 16.5. The minimum atomic E-state index is -0.532. The standard InChI is InChI=1S/C27H50N12O9/c1-2-27(21-46-15-12-43-18-24(40)31-6-3-9-34-37-28,22-47-16-13-44-19-25(41)32-7-4-10-35-38-29)23-48-17-14-45-20-26(42)33-8-5-11-36-39-30/h2-23H2,1H3,(H,31,40)(H,32,41)(H,33,42). The quantitative estimate of drug-likeness (QED) is 0.0385. The summed E-state index contributed by atoms with van der Waals surface area (Å²) >= 11 is 0. The number of azide groups is 3. The van der Waals surface area contributed by atoms with E-state index in [-0.39, 0.29) is 97.0 Å². The van der Waals surface area contributed by atoms with Gasteiger partial charge in [0.15, 0.2) is 0 Å². The second kappa shape index (κ2) is 33.0. The number of ether oxygens (including phenoxy) is 6. The molecule has 0 saturated carbocycles. The van der Waals surface area contributed by atoms with Gasteiger partial charge in [-0.25, -0.2) is 0 Å². The lowest BCUT2D eigenvalue weighted by molar-refractivity contribution is -0.126. The Labute approximate surface area is 279 Å². The fourth-order valence-electron chi connectivity index (χ4n) is 3.57. The van der Waals surface area contributed by atoms with Crippen molar-refractivity contribution < 1.29 is 42.8 Å². The van der Waals surface area contributed by atoms with Gasteiger partial charge in [-0.2, -0.15) is 0 Å². The van der Waals surface area contributed by atoms with Crippen molar-refractivity contribution in [2.45, 2.75) is 32.6 Å². The molecule has 0 aliphatic rings. The number of nitrogens with one attached hydrogen (secondary N) is 3. The first-order chi connectivity index (χ1) is 23.4. The molecular formula is C27H50N12O9. The first-order valence-electron chi connectivity index (χ1n) is 15.7. The lowest BCUT2D eigenvalue weighted by Gasteiger charge is -2.32. The Bertz CT molecular complexity index is 899.